The first-order valence-corrected chi connectivity index (χ1v) is 8.92. The average Bonchev–Trinajstić information content (AvgIpc) is 3.09. The molecule has 1 aliphatic rings. The van der Waals surface area contributed by atoms with Crippen molar-refractivity contribution >= 4 is 34.4 Å². The fourth-order valence-electron chi connectivity index (χ4n) is 2.41. The van der Waals surface area contributed by atoms with Crippen LogP contribution >= 0.6 is 23.4 Å². The lowest BCUT2D eigenvalue weighted by molar-refractivity contribution is 0.0860. The third-order valence-electron chi connectivity index (χ3n) is 3.68. The van der Waals surface area contributed by atoms with Gasteiger partial charge in [-0.15, -0.1) is 0 Å². The van der Waals surface area contributed by atoms with E-state index in [1.165, 1.54) is 11.8 Å². The topological polar surface area (TPSA) is 41.9 Å². The summed E-state index contributed by atoms with van der Waals surface area (Å²) in [5, 5.41) is 1.47. The molecule has 1 aliphatic heterocycles. The predicted molar refractivity (Wildman–Crippen MR) is 99.1 cm³/mol. The lowest BCUT2D eigenvalue weighted by Gasteiger charge is -2.18. The molecule has 0 aliphatic carbocycles. The summed E-state index contributed by atoms with van der Waals surface area (Å²) < 4.78 is 5.19. The fourth-order valence-corrected chi connectivity index (χ4v) is 3.74. The van der Waals surface area contributed by atoms with E-state index in [0.717, 1.165) is 15.8 Å². The molecule has 0 radical (unpaired) electrons. The molecule has 1 amide bonds. The van der Waals surface area contributed by atoms with Crippen LogP contribution in [0.4, 0.5) is 0 Å². The lowest BCUT2D eigenvalue weighted by atomic mass is 10.2. The number of amides is 1. The van der Waals surface area contributed by atoms with Gasteiger partial charge in [0.05, 0.1) is 13.7 Å². The number of hydrogen-bond donors (Lipinski definition) is 0. The Balaban J connectivity index is 1.70. The van der Waals surface area contributed by atoms with Crippen LogP contribution in [0.5, 0.6) is 5.75 Å². The van der Waals surface area contributed by atoms with Gasteiger partial charge in [-0.05, 0) is 29.8 Å². The molecule has 0 saturated heterocycles. The summed E-state index contributed by atoms with van der Waals surface area (Å²) in [5.41, 5.74) is 1.63. The molecule has 6 heteroatoms. The normalized spacial score (nSPS) is 13.8. The van der Waals surface area contributed by atoms with Crippen molar-refractivity contribution in [2.45, 2.75) is 5.75 Å². The first-order chi connectivity index (χ1) is 11.7. The zero-order chi connectivity index (χ0) is 16.9. The summed E-state index contributed by atoms with van der Waals surface area (Å²) in [6, 6.07) is 14.9. The van der Waals surface area contributed by atoms with Gasteiger partial charge in [0.2, 0.25) is 0 Å². The van der Waals surface area contributed by atoms with Crippen LogP contribution in [-0.4, -0.2) is 36.2 Å². The summed E-state index contributed by atoms with van der Waals surface area (Å²) in [6.45, 7) is 1.22. The predicted octanol–water partition coefficient (Wildman–Crippen LogP) is 4.09. The number of thioether (sulfide) groups is 1. The molecule has 4 nitrogen and oxygen atoms in total. The molecule has 0 saturated carbocycles. The van der Waals surface area contributed by atoms with E-state index in [1.54, 1.807) is 24.1 Å². The van der Waals surface area contributed by atoms with Crippen molar-refractivity contribution in [2.75, 3.05) is 20.2 Å². The Kier molecular flexibility index (Phi) is 5.43. The minimum Gasteiger partial charge on any atom is -0.497 e. The van der Waals surface area contributed by atoms with Crippen LogP contribution in [0.1, 0.15) is 15.9 Å². The molecular weight excluding hydrogens is 344 g/mol. The number of carbonyl (C=O) groups excluding carboxylic acids is 1. The monoisotopic (exact) mass is 360 g/mol. The highest BCUT2D eigenvalue weighted by atomic mass is 35.5. The summed E-state index contributed by atoms with van der Waals surface area (Å²) >= 11 is 7.72. The third-order valence-corrected chi connectivity index (χ3v) is 5.11. The number of nitrogens with zero attached hydrogens (tertiary/aromatic N) is 2. The largest absolute Gasteiger partial charge is 0.497 e. The molecule has 2 aromatic carbocycles. The number of carbonyl (C=O) groups is 1. The van der Waals surface area contributed by atoms with Gasteiger partial charge >= 0.3 is 0 Å². The van der Waals surface area contributed by atoms with Crippen LogP contribution in [0, 0.1) is 0 Å². The van der Waals surface area contributed by atoms with E-state index in [-0.39, 0.29) is 5.91 Å². The van der Waals surface area contributed by atoms with E-state index in [9.17, 15) is 4.79 Å². The van der Waals surface area contributed by atoms with Crippen LogP contribution in [0.15, 0.2) is 53.5 Å². The van der Waals surface area contributed by atoms with Crippen molar-refractivity contribution in [1.82, 2.24) is 4.90 Å². The Morgan fingerprint density at radius 3 is 2.92 bits per heavy atom. The van der Waals surface area contributed by atoms with Gasteiger partial charge in [0, 0.05) is 22.9 Å². The Morgan fingerprint density at radius 1 is 1.29 bits per heavy atom. The highest BCUT2D eigenvalue weighted by Gasteiger charge is 2.25. The molecule has 0 atom stereocenters. The Hall–Kier alpha value is -1.98. The zero-order valence-corrected chi connectivity index (χ0v) is 14.8. The zero-order valence-electron chi connectivity index (χ0n) is 13.2. The van der Waals surface area contributed by atoms with E-state index in [1.807, 2.05) is 36.4 Å². The molecule has 0 fully saturated rings. The molecule has 0 N–H and O–H groups in total. The molecule has 0 aromatic heterocycles. The van der Waals surface area contributed by atoms with Gasteiger partial charge in [-0.2, -0.15) is 0 Å². The molecule has 124 valence electrons. The number of hydrogen-bond acceptors (Lipinski definition) is 4. The highest BCUT2D eigenvalue weighted by molar-refractivity contribution is 8.13. The van der Waals surface area contributed by atoms with Crippen molar-refractivity contribution in [3.63, 3.8) is 0 Å². The fraction of sp³-hybridized carbons (Fsp3) is 0.222. The van der Waals surface area contributed by atoms with Crippen LogP contribution < -0.4 is 4.74 Å². The molecule has 24 heavy (non-hydrogen) atoms. The Labute approximate surface area is 150 Å². The molecule has 3 rings (SSSR count). The van der Waals surface area contributed by atoms with E-state index >= 15 is 0 Å². The quantitative estimate of drug-likeness (QED) is 0.824. The standard InChI is InChI=1S/C18H17ClN2O2S/c1-23-15-7-4-6-13(11-15)17(22)21-10-9-20-18(21)24-12-14-5-2-3-8-16(14)19/h2-8,11H,9-10,12H2,1H3. The van der Waals surface area contributed by atoms with Crippen molar-refractivity contribution < 1.29 is 9.53 Å². The van der Waals surface area contributed by atoms with Crippen molar-refractivity contribution in [1.29, 1.82) is 0 Å². The van der Waals surface area contributed by atoms with Gasteiger partial charge in [0.25, 0.3) is 5.91 Å². The Bertz CT molecular complexity index is 779. The minimum absolute atomic E-state index is 0.0585. The van der Waals surface area contributed by atoms with Gasteiger partial charge in [-0.25, -0.2) is 0 Å². The van der Waals surface area contributed by atoms with E-state index in [0.29, 0.717) is 30.2 Å². The smallest absolute Gasteiger partial charge is 0.260 e. The molecule has 2 aromatic rings. The van der Waals surface area contributed by atoms with E-state index in [4.69, 9.17) is 16.3 Å². The number of methoxy groups -OCH3 is 1. The van der Waals surface area contributed by atoms with Crippen molar-refractivity contribution in [3.05, 3.63) is 64.7 Å². The van der Waals surface area contributed by atoms with Gasteiger partial charge in [0.1, 0.15) is 5.75 Å². The van der Waals surface area contributed by atoms with Crippen LogP contribution in [0.2, 0.25) is 5.02 Å². The second-order valence-electron chi connectivity index (χ2n) is 5.23. The molecule has 0 bridgehead atoms. The number of halogens is 1. The van der Waals surface area contributed by atoms with Crippen LogP contribution in [-0.2, 0) is 5.75 Å². The maximum Gasteiger partial charge on any atom is 0.260 e. The molecular formula is C18H17ClN2O2S. The summed E-state index contributed by atoms with van der Waals surface area (Å²) in [7, 11) is 1.59. The summed E-state index contributed by atoms with van der Waals surface area (Å²) in [5.74, 6) is 1.29. The van der Waals surface area contributed by atoms with Gasteiger partial charge in [-0.3, -0.25) is 14.7 Å². The van der Waals surface area contributed by atoms with Gasteiger partial charge in [-0.1, -0.05) is 47.6 Å². The molecule has 0 spiro atoms. The molecule has 0 unspecified atom stereocenters. The van der Waals surface area contributed by atoms with Crippen molar-refractivity contribution in [3.8, 4) is 5.75 Å². The second-order valence-corrected chi connectivity index (χ2v) is 6.58. The number of amidine groups is 1. The first kappa shape index (κ1) is 16.9. The number of rotatable bonds is 4. The summed E-state index contributed by atoms with van der Waals surface area (Å²) in [4.78, 5) is 18.9. The Morgan fingerprint density at radius 2 is 2.12 bits per heavy atom. The number of ether oxygens (including phenoxy) is 1. The highest BCUT2D eigenvalue weighted by Crippen LogP contribution is 2.25. The van der Waals surface area contributed by atoms with Crippen LogP contribution in [0.3, 0.4) is 0 Å². The minimum atomic E-state index is -0.0585. The lowest BCUT2D eigenvalue weighted by Crippen LogP contribution is -2.32. The van der Waals surface area contributed by atoms with Gasteiger partial charge in [0.15, 0.2) is 5.17 Å². The number of aliphatic imine (C=N–C) groups is 1. The maximum atomic E-state index is 12.8. The van der Waals surface area contributed by atoms with Gasteiger partial charge < -0.3 is 4.74 Å². The van der Waals surface area contributed by atoms with Crippen molar-refractivity contribution in [2.24, 2.45) is 4.99 Å². The van der Waals surface area contributed by atoms with E-state index in [2.05, 4.69) is 4.99 Å². The molecule has 1 heterocycles. The third kappa shape index (κ3) is 3.74. The van der Waals surface area contributed by atoms with Crippen LogP contribution in [0.25, 0.3) is 0 Å². The summed E-state index contributed by atoms with van der Waals surface area (Å²) in [6.07, 6.45) is 0. The second kappa shape index (κ2) is 7.73. The SMILES string of the molecule is COc1cccc(C(=O)N2CCN=C2SCc2ccccc2Cl)c1. The first-order valence-electron chi connectivity index (χ1n) is 7.55. The average molecular weight is 361 g/mol. The number of benzene rings is 2. The maximum absolute atomic E-state index is 12.8. The van der Waals surface area contributed by atoms with E-state index < -0.39 is 0 Å².